The number of nitriles is 1. The molecule has 6 aromatic carbocycles. The second-order valence-electron chi connectivity index (χ2n) is 15.8. The number of nitrogens with zero attached hydrogens (tertiary/aromatic N) is 4. The molecule has 4 nitrogen and oxygen atoms in total. The van der Waals surface area contributed by atoms with Crippen molar-refractivity contribution in [3.63, 3.8) is 0 Å². The van der Waals surface area contributed by atoms with E-state index in [9.17, 15) is 5.26 Å². The SMILES string of the molecule is C[C@@H]1C2(c3ccc(-c4ccc(-c5nc(-c6ccccc6)nc(-c6cccc7c(C#N)cccc67)n5)c(-c5ccccc5)c4)cc3)C[C@H]3CC[C@@H](C2)[C@@]31C. The van der Waals surface area contributed by atoms with Crippen LogP contribution in [0, 0.1) is 34.5 Å². The first kappa shape index (κ1) is 31.8. The molecule has 1 aromatic heterocycles. The van der Waals surface area contributed by atoms with Gasteiger partial charge in [0.1, 0.15) is 0 Å². The highest BCUT2D eigenvalue weighted by Crippen LogP contribution is 2.75. The molecule has 0 N–H and O–H groups in total. The molecule has 4 heteroatoms. The Bertz CT molecular complexity index is 2550. The molecular formula is C49H40N4. The summed E-state index contributed by atoms with van der Waals surface area (Å²) >= 11 is 0. The molecule has 3 aliphatic carbocycles. The van der Waals surface area contributed by atoms with E-state index in [0.717, 1.165) is 56.3 Å². The zero-order chi connectivity index (χ0) is 35.7. The smallest absolute Gasteiger partial charge is 0.164 e. The maximum atomic E-state index is 9.86. The zero-order valence-corrected chi connectivity index (χ0v) is 30.1. The van der Waals surface area contributed by atoms with Crippen molar-refractivity contribution < 1.29 is 0 Å². The van der Waals surface area contributed by atoms with Crippen molar-refractivity contribution in [1.82, 2.24) is 15.0 Å². The molecule has 53 heavy (non-hydrogen) atoms. The lowest BCUT2D eigenvalue weighted by Crippen LogP contribution is -2.26. The van der Waals surface area contributed by atoms with Crippen molar-refractivity contribution >= 4 is 10.8 Å². The van der Waals surface area contributed by atoms with Crippen molar-refractivity contribution in [1.29, 1.82) is 5.26 Å². The van der Waals surface area contributed by atoms with Gasteiger partial charge in [-0.2, -0.15) is 5.26 Å². The van der Waals surface area contributed by atoms with Gasteiger partial charge in [-0.1, -0.05) is 135 Å². The van der Waals surface area contributed by atoms with Gasteiger partial charge in [0.05, 0.1) is 11.6 Å². The fraction of sp³-hybridized carbons (Fsp3) is 0.224. The molecule has 256 valence electrons. The van der Waals surface area contributed by atoms with E-state index in [0.29, 0.717) is 33.9 Å². The molecule has 0 amide bonds. The van der Waals surface area contributed by atoms with Gasteiger partial charge in [-0.15, -0.1) is 0 Å². The molecule has 0 aliphatic heterocycles. The monoisotopic (exact) mass is 684 g/mol. The highest BCUT2D eigenvalue weighted by atomic mass is 15.0. The molecule has 7 aromatic rings. The van der Waals surface area contributed by atoms with Crippen molar-refractivity contribution in [2.24, 2.45) is 23.2 Å². The van der Waals surface area contributed by atoms with Crippen LogP contribution in [0.15, 0.2) is 140 Å². The lowest BCUT2D eigenvalue weighted by Gasteiger charge is -2.33. The topological polar surface area (TPSA) is 62.5 Å². The van der Waals surface area contributed by atoms with Crippen LogP contribution in [0.4, 0.5) is 0 Å². The summed E-state index contributed by atoms with van der Waals surface area (Å²) in [6.07, 6.45) is 5.54. The largest absolute Gasteiger partial charge is 0.208 e. The predicted octanol–water partition coefficient (Wildman–Crippen LogP) is 11.9. The van der Waals surface area contributed by atoms with Gasteiger partial charge >= 0.3 is 0 Å². The molecule has 3 saturated carbocycles. The Kier molecular flexibility index (Phi) is 7.24. The second-order valence-corrected chi connectivity index (χ2v) is 15.8. The molecule has 2 bridgehead atoms. The van der Waals surface area contributed by atoms with E-state index in [1.54, 1.807) is 0 Å². The molecule has 3 aliphatic rings. The Morgan fingerprint density at radius 3 is 1.83 bits per heavy atom. The third-order valence-electron chi connectivity index (χ3n) is 13.7. The van der Waals surface area contributed by atoms with E-state index < -0.39 is 0 Å². The Hall–Kier alpha value is -5.92. The first-order valence-corrected chi connectivity index (χ1v) is 19.0. The summed E-state index contributed by atoms with van der Waals surface area (Å²) in [5.41, 5.74) is 10.3. The van der Waals surface area contributed by atoms with Crippen LogP contribution in [-0.2, 0) is 5.41 Å². The number of benzene rings is 6. The fourth-order valence-electron chi connectivity index (χ4n) is 10.8. The molecular weight excluding hydrogens is 645 g/mol. The van der Waals surface area contributed by atoms with Crippen molar-refractivity contribution in [3.05, 3.63) is 151 Å². The van der Waals surface area contributed by atoms with E-state index in [-0.39, 0.29) is 0 Å². The van der Waals surface area contributed by atoms with E-state index in [4.69, 9.17) is 15.0 Å². The molecule has 0 spiro atoms. The van der Waals surface area contributed by atoms with Crippen LogP contribution in [0.2, 0.25) is 0 Å². The standard InChI is InChI=1S/C49H40N4/c1-31-48(2)38-24-25-39(48)29-49(31,28-38)37-22-19-32(20-23-37)35-21-26-43(44(27-35)33-11-5-3-6-12-33)47-52-45(34-13-7-4-8-14-34)51-46(53-47)42-18-10-16-40-36(30-50)15-9-17-41(40)42/h3-23,26-27,31,38-39H,24-25,28-29H2,1-2H3/t31-,38-,39+,48-,49?/m0/s1. The summed E-state index contributed by atoms with van der Waals surface area (Å²) in [7, 11) is 0. The molecule has 1 heterocycles. The summed E-state index contributed by atoms with van der Waals surface area (Å²) < 4.78 is 0. The van der Waals surface area contributed by atoms with Crippen LogP contribution in [0.25, 0.3) is 67.2 Å². The Balaban J connectivity index is 1.10. The number of rotatable bonds is 6. The normalized spacial score (nSPS) is 24.1. The average Bonchev–Trinajstić information content (AvgIpc) is 3.63. The van der Waals surface area contributed by atoms with E-state index in [1.165, 1.54) is 42.4 Å². The molecule has 3 fully saturated rings. The Labute approximate surface area is 311 Å². The summed E-state index contributed by atoms with van der Waals surface area (Å²) in [6.45, 7) is 5.14. The predicted molar refractivity (Wildman–Crippen MR) is 214 cm³/mol. The third kappa shape index (κ3) is 4.84. The van der Waals surface area contributed by atoms with Gasteiger partial charge in [0.2, 0.25) is 0 Å². The van der Waals surface area contributed by atoms with Crippen LogP contribution >= 0.6 is 0 Å². The first-order valence-electron chi connectivity index (χ1n) is 19.0. The van der Waals surface area contributed by atoms with E-state index >= 15 is 0 Å². The molecule has 10 rings (SSSR count). The van der Waals surface area contributed by atoms with Crippen LogP contribution in [-0.4, -0.2) is 15.0 Å². The third-order valence-corrected chi connectivity index (χ3v) is 13.7. The maximum absolute atomic E-state index is 9.86. The van der Waals surface area contributed by atoms with Crippen LogP contribution in [0.5, 0.6) is 0 Å². The van der Waals surface area contributed by atoms with E-state index in [2.05, 4.69) is 92.7 Å². The van der Waals surface area contributed by atoms with Gasteiger partial charge in [0, 0.05) is 22.1 Å². The first-order chi connectivity index (χ1) is 26.0. The highest BCUT2D eigenvalue weighted by Gasteiger charge is 2.69. The van der Waals surface area contributed by atoms with Crippen LogP contribution in [0.3, 0.4) is 0 Å². The summed E-state index contributed by atoms with van der Waals surface area (Å²) in [5, 5.41) is 11.7. The molecule has 5 atom stereocenters. The van der Waals surface area contributed by atoms with E-state index in [1.807, 2.05) is 66.7 Å². The van der Waals surface area contributed by atoms with Gasteiger partial charge in [-0.3, -0.25) is 0 Å². The summed E-state index contributed by atoms with van der Waals surface area (Å²) in [6, 6.07) is 51.0. The van der Waals surface area contributed by atoms with Crippen LogP contribution < -0.4 is 0 Å². The minimum absolute atomic E-state index is 0.325. The summed E-state index contributed by atoms with van der Waals surface area (Å²) in [5.74, 6) is 4.28. The highest BCUT2D eigenvalue weighted by molar-refractivity contribution is 5.98. The lowest BCUT2D eigenvalue weighted by molar-refractivity contribution is 0.166. The number of hydrogen-bond donors (Lipinski definition) is 0. The summed E-state index contributed by atoms with van der Waals surface area (Å²) in [4.78, 5) is 15.4. The maximum Gasteiger partial charge on any atom is 0.164 e. The number of fused-ring (bicyclic) bond motifs is 2. The Morgan fingerprint density at radius 2 is 1.15 bits per heavy atom. The van der Waals surface area contributed by atoms with Crippen molar-refractivity contribution in [2.75, 3.05) is 0 Å². The molecule has 1 unspecified atom stereocenters. The van der Waals surface area contributed by atoms with Gasteiger partial charge in [-0.05, 0) is 106 Å². The number of hydrogen-bond acceptors (Lipinski definition) is 4. The zero-order valence-electron chi connectivity index (χ0n) is 30.1. The quantitative estimate of drug-likeness (QED) is 0.175. The lowest BCUT2D eigenvalue weighted by atomic mass is 9.72. The van der Waals surface area contributed by atoms with Crippen LogP contribution in [0.1, 0.15) is 50.7 Å². The van der Waals surface area contributed by atoms with Crippen molar-refractivity contribution in [2.45, 2.75) is 44.9 Å². The Morgan fingerprint density at radius 1 is 0.547 bits per heavy atom. The molecule has 0 radical (unpaired) electrons. The van der Waals surface area contributed by atoms with Gasteiger partial charge < -0.3 is 0 Å². The second kappa shape index (κ2) is 12.1. The number of aromatic nitrogens is 3. The van der Waals surface area contributed by atoms with Gasteiger partial charge in [0.25, 0.3) is 0 Å². The van der Waals surface area contributed by atoms with Gasteiger partial charge in [-0.25, -0.2) is 15.0 Å². The average molecular weight is 685 g/mol. The minimum atomic E-state index is 0.325. The van der Waals surface area contributed by atoms with Gasteiger partial charge in [0.15, 0.2) is 17.5 Å². The minimum Gasteiger partial charge on any atom is -0.208 e. The fourth-order valence-corrected chi connectivity index (χ4v) is 10.8. The molecule has 0 saturated heterocycles. The van der Waals surface area contributed by atoms with Crippen molar-refractivity contribution in [3.8, 4) is 62.5 Å².